The number of hydrogen-bond acceptors (Lipinski definition) is 5. The topological polar surface area (TPSA) is 93.5 Å². The summed E-state index contributed by atoms with van der Waals surface area (Å²) in [6.45, 7) is 2.05. The van der Waals surface area contributed by atoms with Crippen LogP contribution in [0.15, 0.2) is 18.2 Å². The molecule has 0 saturated heterocycles. The smallest absolute Gasteiger partial charge is 0.272 e. The van der Waals surface area contributed by atoms with Crippen LogP contribution in [-0.2, 0) is 4.74 Å². The van der Waals surface area contributed by atoms with Crippen molar-refractivity contribution in [3.8, 4) is 0 Å². The van der Waals surface area contributed by atoms with Crippen LogP contribution in [0.4, 0.5) is 10.1 Å². The second kappa shape index (κ2) is 8.18. The summed E-state index contributed by atoms with van der Waals surface area (Å²) in [4.78, 5) is 21.4. The molecule has 2 N–H and O–H groups in total. The molecule has 0 unspecified atom stereocenters. The molecule has 1 aromatic carbocycles. The number of rotatable bonds is 8. The Morgan fingerprint density at radius 3 is 2.75 bits per heavy atom. The first-order valence-corrected chi connectivity index (χ1v) is 5.98. The first-order valence-electron chi connectivity index (χ1n) is 5.98. The van der Waals surface area contributed by atoms with E-state index in [0.29, 0.717) is 26.2 Å². The van der Waals surface area contributed by atoms with E-state index in [1.165, 1.54) is 0 Å². The zero-order valence-corrected chi connectivity index (χ0v) is 11.0. The van der Waals surface area contributed by atoms with Gasteiger partial charge in [0.15, 0.2) is 0 Å². The highest BCUT2D eigenvalue weighted by atomic mass is 19.1. The second-order valence-corrected chi connectivity index (χ2v) is 3.92. The van der Waals surface area contributed by atoms with Gasteiger partial charge in [0, 0.05) is 32.8 Å². The van der Waals surface area contributed by atoms with Crippen molar-refractivity contribution in [2.75, 3.05) is 33.4 Å². The largest absolute Gasteiger partial charge is 0.383 e. The molecule has 0 radical (unpaired) electrons. The van der Waals surface area contributed by atoms with Crippen LogP contribution in [-0.4, -0.2) is 44.2 Å². The Morgan fingerprint density at radius 1 is 1.40 bits per heavy atom. The fourth-order valence-electron chi connectivity index (χ4n) is 1.46. The molecular weight excluding hydrogens is 269 g/mol. The molecule has 0 heterocycles. The van der Waals surface area contributed by atoms with Crippen LogP contribution in [0.1, 0.15) is 10.4 Å². The molecule has 0 saturated carbocycles. The van der Waals surface area contributed by atoms with E-state index in [0.717, 1.165) is 18.2 Å². The lowest BCUT2D eigenvalue weighted by Crippen LogP contribution is -2.33. The number of ether oxygens (including phenoxy) is 1. The molecule has 0 atom stereocenters. The van der Waals surface area contributed by atoms with Crippen molar-refractivity contribution >= 4 is 11.6 Å². The van der Waals surface area contributed by atoms with E-state index in [1.807, 2.05) is 0 Å². The van der Waals surface area contributed by atoms with E-state index in [2.05, 4.69) is 10.6 Å². The Labute approximate surface area is 115 Å². The molecule has 1 rings (SSSR count). The average Bonchev–Trinajstić information content (AvgIpc) is 2.42. The van der Waals surface area contributed by atoms with Crippen molar-refractivity contribution in [3.63, 3.8) is 0 Å². The first-order chi connectivity index (χ1) is 9.56. The maximum Gasteiger partial charge on any atom is 0.272 e. The summed E-state index contributed by atoms with van der Waals surface area (Å²) in [6.07, 6.45) is 0. The molecule has 0 fully saturated rings. The minimum absolute atomic E-state index is 0.215. The maximum atomic E-state index is 13.5. The number of nitrogens with one attached hydrogen (secondary N) is 2. The summed E-state index contributed by atoms with van der Waals surface area (Å²) in [7, 11) is 1.58. The number of nitro benzene ring substituents is 1. The van der Waals surface area contributed by atoms with Crippen LogP contribution < -0.4 is 10.6 Å². The average molecular weight is 285 g/mol. The highest BCUT2D eigenvalue weighted by Gasteiger charge is 2.15. The number of amides is 1. The number of methoxy groups -OCH3 is 1. The number of non-ortho nitro benzene ring substituents is 1. The molecule has 20 heavy (non-hydrogen) atoms. The van der Waals surface area contributed by atoms with Gasteiger partial charge in [-0.25, -0.2) is 4.39 Å². The van der Waals surface area contributed by atoms with E-state index >= 15 is 0 Å². The summed E-state index contributed by atoms with van der Waals surface area (Å²) in [6, 6.07) is 2.92. The van der Waals surface area contributed by atoms with Crippen LogP contribution in [0.25, 0.3) is 0 Å². The number of carbonyl (C=O) groups excluding carboxylic acids is 1. The van der Waals surface area contributed by atoms with Gasteiger partial charge in [0.25, 0.3) is 11.6 Å². The molecule has 110 valence electrons. The molecule has 1 aromatic rings. The number of nitrogens with zero attached hydrogens (tertiary/aromatic N) is 1. The van der Waals surface area contributed by atoms with Crippen LogP contribution in [0.5, 0.6) is 0 Å². The monoisotopic (exact) mass is 285 g/mol. The minimum atomic E-state index is -0.913. The summed E-state index contributed by atoms with van der Waals surface area (Å²) < 4.78 is 18.4. The van der Waals surface area contributed by atoms with Gasteiger partial charge < -0.3 is 15.4 Å². The number of hydrogen-bond donors (Lipinski definition) is 2. The molecule has 0 aliphatic rings. The standard InChI is InChI=1S/C12H16FN3O4/c1-20-7-6-14-4-5-15-12(17)10-3-2-9(16(18)19)8-11(10)13/h2-3,8,14H,4-7H2,1H3,(H,15,17). The van der Waals surface area contributed by atoms with Gasteiger partial charge in [-0.1, -0.05) is 0 Å². The fraction of sp³-hybridized carbons (Fsp3) is 0.417. The highest BCUT2D eigenvalue weighted by molar-refractivity contribution is 5.94. The van der Waals surface area contributed by atoms with Crippen LogP contribution in [0.3, 0.4) is 0 Å². The fourth-order valence-corrected chi connectivity index (χ4v) is 1.46. The van der Waals surface area contributed by atoms with Crippen molar-refractivity contribution in [3.05, 3.63) is 39.7 Å². The van der Waals surface area contributed by atoms with Gasteiger partial charge in [-0.2, -0.15) is 0 Å². The van der Waals surface area contributed by atoms with Crippen LogP contribution in [0.2, 0.25) is 0 Å². The summed E-state index contributed by atoms with van der Waals surface area (Å²) in [5, 5.41) is 16.0. The molecule has 0 bridgehead atoms. The molecule has 7 nitrogen and oxygen atoms in total. The predicted octanol–water partition coefficient (Wildman–Crippen LogP) is 0.700. The third-order valence-electron chi connectivity index (χ3n) is 2.48. The Bertz CT molecular complexity index is 482. The van der Waals surface area contributed by atoms with Gasteiger partial charge >= 0.3 is 0 Å². The van der Waals surface area contributed by atoms with E-state index in [1.54, 1.807) is 7.11 Å². The van der Waals surface area contributed by atoms with E-state index < -0.39 is 16.6 Å². The van der Waals surface area contributed by atoms with E-state index in [9.17, 15) is 19.3 Å². The summed E-state index contributed by atoms with van der Waals surface area (Å²) >= 11 is 0. The normalized spacial score (nSPS) is 10.3. The molecule has 0 aliphatic heterocycles. The van der Waals surface area contributed by atoms with Gasteiger partial charge in [0.2, 0.25) is 0 Å². The predicted molar refractivity (Wildman–Crippen MR) is 70.1 cm³/mol. The molecule has 0 aromatic heterocycles. The van der Waals surface area contributed by atoms with Crippen LogP contribution >= 0.6 is 0 Å². The SMILES string of the molecule is COCCNCCNC(=O)c1ccc([N+](=O)[O-])cc1F. The maximum absolute atomic E-state index is 13.5. The number of carbonyl (C=O) groups is 1. The van der Waals surface area contributed by atoms with Gasteiger partial charge in [-0.15, -0.1) is 0 Å². The Balaban J connectivity index is 2.45. The Hall–Kier alpha value is -2.06. The molecular formula is C12H16FN3O4. The van der Waals surface area contributed by atoms with Crippen molar-refractivity contribution in [2.24, 2.45) is 0 Å². The third-order valence-corrected chi connectivity index (χ3v) is 2.48. The van der Waals surface area contributed by atoms with Crippen LogP contribution in [0, 0.1) is 15.9 Å². The Morgan fingerprint density at radius 2 is 2.15 bits per heavy atom. The molecule has 1 amide bonds. The first kappa shape index (κ1) is 16.0. The number of halogens is 1. The molecule has 0 aliphatic carbocycles. The number of benzene rings is 1. The summed E-state index contributed by atoms with van der Waals surface area (Å²) in [5.41, 5.74) is -0.604. The number of nitro groups is 1. The quantitative estimate of drug-likeness (QED) is 0.416. The second-order valence-electron chi connectivity index (χ2n) is 3.92. The van der Waals surface area contributed by atoms with Gasteiger partial charge in [-0.3, -0.25) is 14.9 Å². The Kier molecular flexibility index (Phi) is 6.54. The van der Waals surface area contributed by atoms with Gasteiger partial charge in [-0.05, 0) is 6.07 Å². The van der Waals surface area contributed by atoms with E-state index in [-0.39, 0.29) is 11.3 Å². The lowest BCUT2D eigenvalue weighted by Gasteiger charge is -2.07. The lowest BCUT2D eigenvalue weighted by atomic mass is 10.2. The van der Waals surface area contributed by atoms with Gasteiger partial charge in [0.05, 0.1) is 23.2 Å². The zero-order valence-electron chi connectivity index (χ0n) is 11.0. The summed E-state index contributed by atoms with van der Waals surface area (Å²) in [5.74, 6) is -1.52. The van der Waals surface area contributed by atoms with Crippen molar-refractivity contribution in [1.29, 1.82) is 0 Å². The molecule has 8 heteroatoms. The zero-order chi connectivity index (χ0) is 15.0. The lowest BCUT2D eigenvalue weighted by molar-refractivity contribution is -0.385. The van der Waals surface area contributed by atoms with E-state index in [4.69, 9.17) is 4.74 Å². The van der Waals surface area contributed by atoms with Gasteiger partial charge in [0.1, 0.15) is 5.82 Å². The minimum Gasteiger partial charge on any atom is -0.383 e. The highest BCUT2D eigenvalue weighted by Crippen LogP contribution is 2.16. The van der Waals surface area contributed by atoms with Crippen molar-refractivity contribution < 1.29 is 18.8 Å². The van der Waals surface area contributed by atoms with Crippen molar-refractivity contribution in [2.45, 2.75) is 0 Å². The molecule has 0 spiro atoms. The van der Waals surface area contributed by atoms with Crippen molar-refractivity contribution in [1.82, 2.24) is 10.6 Å². The third kappa shape index (κ3) is 4.90.